The van der Waals surface area contributed by atoms with E-state index in [-0.39, 0.29) is 18.0 Å². The first-order valence-electron chi connectivity index (χ1n) is 7.45. The van der Waals surface area contributed by atoms with Gasteiger partial charge in [-0.1, -0.05) is 6.07 Å². The highest BCUT2D eigenvalue weighted by molar-refractivity contribution is 5.88. The number of aryl methyl sites for hydroxylation is 1. The van der Waals surface area contributed by atoms with Gasteiger partial charge in [-0.15, -0.1) is 5.10 Å². The zero-order valence-electron chi connectivity index (χ0n) is 13.5. The van der Waals surface area contributed by atoms with Gasteiger partial charge in [-0.25, -0.2) is 13.9 Å². The number of nitrogens with zero attached hydrogens (tertiary/aromatic N) is 2. The predicted octanol–water partition coefficient (Wildman–Crippen LogP) is 2.87. The molecule has 1 heterocycles. The largest absolute Gasteiger partial charge is 0.377 e. The molecule has 2 aromatic rings. The van der Waals surface area contributed by atoms with Crippen LogP contribution in [-0.4, -0.2) is 35.1 Å². The smallest absolute Gasteiger partial charge is 0.320 e. The Morgan fingerprint density at radius 1 is 1.39 bits per heavy atom. The zero-order chi connectivity index (χ0) is 16.8. The summed E-state index contributed by atoms with van der Waals surface area (Å²) in [5.74, 6) is 0.0591. The molecule has 0 saturated heterocycles. The molecule has 2 amide bonds. The molecule has 0 spiro atoms. The average Bonchev–Trinajstić information content (AvgIpc) is 2.84. The van der Waals surface area contributed by atoms with Crippen LogP contribution in [0.25, 0.3) is 5.69 Å². The lowest BCUT2D eigenvalue weighted by Crippen LogP contribution is -2.32. The summed E-state index contributed by atoms with van der Waals surface area (Å²) in [6, 6.07) is 7.47. The maximum atomic E-state index is 13.3. The Labute approximate surface area is 134 Å². The maximum Gasteiger partial charge on any atom is 0.320 e. The standard InChI is InChI=1S/C16H21FN4O2/c1-11(2)23-8-7-18-16(22)19-15-9-12(3)21(20-15)14-6-4-5-13(17)10-14/h4-6,9-11H,7-8H2,1-3H3,(H2,18,19,20,22). The molecule has 23 heavy (non-hydrogen) atoms. The number of hydrogen-bond donors (Lipinski definition) is 2. The summed E-state index contributed by atoms with van der Waals surface area (Å²) in [6.07, 6.45) is 0.129. The van der Waals surface area contributed by atoms with Crippen LogP contribution in [0.5, 0.6) is 0 Å². The third-order valence-electron chi connectivity index (χ3n) is 3.02. The molecule has 1 aromatic heterocycles. The van der Waals surface area contributed by atoms with Crippen LogP contribution < -0.4 is 10.6 Å². The minimum absolute atomic E-state index is 0.129. The summed E-state index contributed by atoms with van der Waals surface area (Å²) in [4.78, 5) is 11.8. The number of benzene rings is 1. The fourth-order valence-corrected chi connectivity index (χ4v) is 2.02. The first kappa shape index (κ1) is 17.0. The molecule has 0 unspecified atom stereocenters. The van der Waals surface area contributed by atoms with Crippen LogP contribution in [0.1, 0.15) is 19.5 Å². The van der Waals surface area contributed by atoms with Crippen molar-refractivity contribution in [3.05, 3.63) is 41.8 Å². The van der Waals surface area contributed by atoms with Gasteiger partial charge in [-0.3, -0.25) is 5.32 Å². The molecule has 7 heteroatoms. The quantitative estimate of drug-likeness (QED) is 0.804. The molecule has 2 rings (SSSR count). The second-order valence-electron chi connectivity index (χ2n) is 5.36. The van der Waals surface area contributed by atoms with E-state index in [1.54, 1.807) is 22.9 Å². The minimum Gasteiger partial charge on any atom is -0.377 e. The summed E-state index contributed by atoms with van der Waals surface area (Å²) in [6.45, 7) is 6.55. The van der Waals surface area contributed by atoms with Gasteiger partial charge in [0.15, 0.2) is 5.82 Å². The fourth-order valence-electron chi connectivity index (χ4n) is 2.02. The molecule has 0 atom stereocenters. The first-order chi connectivity index (χ1) is 11.0. The minimum atomic E-state index is -0.360. The van der Waals surface area contributed by atoms with Crippen molar-refractivity contribution in [1.82, 2.24) is 15.1 Å². The van der Waals surface area contributed by atoms with Gasteiger partial charge in [-0.2, -0.15) is 0 Å². The van der Waals surface area contributed by atoms with Gasteiger partial charge in [0.1, 0.15) is 5.82 Å². The van der Waals surface area contributed by atoms with Crippen molar-refractivity contribution in [2.45, 2.75) is 26.9 Å². The molecular formula is C16H21FN4O2. The molecule has 0 fully saturated rings. The number of aromatic nitrogens is 2. The highest BCUT2D eigenvalue weighted by Crippen LogP contribution is 2.15. The van der Waals surface area contributed by atoms with Crippen LogP contribution in [0.15, 0.2) is 30.3 Å². The summed E-state index contributed by atoms with van der Waals surface area (Å²) in [7, 11) is 0. The molecule has 0 aliphatic carbocycles. The van der Waals surface area contributed by atoms with Crippen molar-refractivity contribution >= 4 is 11.8 Å². The van der Waals surface area contributed by atoms with E-state index >= 15 is 0 Å². The van der Waals surface area contributed by atoms with Crippen molar-refractivity contribution in [2.75, 3.05) is 18.5 Å². The van der Waals surface area contributed by atoms with Crippen LogP contribution in [0, 0.1) is 12.7 Å². The van der Waals surface area contributed by atoms with Crippen LogP contribution in [0.4, 0.5) is 15.0 Å². The Bertz CT molecular complexity index is 670. The second-order valence-corrected chi connectivity index (χ2v) is 5.36. The van der Waals surface area contributed by atoms with Crippen molar-refractivity contribution < 1.29 is 13.9 Å². The Hall–Kier alpha value is -2.41. The van der Waals surface area contributed by atoms with E-state index in [2.05, 4.69) is 15.7 Å². The van der Waals surface area contributed by atoms with Crippen molar-refractivity contribution in [2.24, 2.45) is 0 Å². The predicted molar refractivity (Wildman–Crippen MR) is 86.4 cm³/mol. The molecule has 0 aliphatic rings. The number of hydrogen-bond acceptors (Lipinski definition) is 3. The molecule has 0 radical (unpaired) electrons. The lowest BCUT2D eigenvalue weighted by Gasteiger charge is -2.08. The summed E-state index contributed by atoms with van der Waals surface area (Å²) in [5.41, 5.74) is 1.38. The third kappa shape index (κ3) is 5.07. The average molecular weight is 320 g/mol. The number of anilines is 1. The van der Waals surface area contributed by atoms with Gasteiger partial charge in [0.05, 0.1) is 18.4 Å². The number of halogens is 1. The topological polar surface area (TPSA) is 68.2 Å². The van der Waals surface area contributed by atoms with Crippen LogP contribution in [0.2, 0.25) is 0 Å². The van der Waals surface area contributed by atoms with Crippen molar-refractivity contribution in [3.8, 4) is 5.69 Å². The maximum absolute atomic E-state index is 13.3. The highest BCUT2D eigenvalue weighted by Gasteiger charge is 2.09. The van der Waals surface area contributed by atoms with Gasteiger partial charge in [0, 0.05) is 18.3 Å². The second kappa shape index (κ2) is 7.73. The summed E-state index contributed by atoms with van der Waals surface area (Å²) >= 11 is 0. The molecule has 1 aromatic carbocycles. The molecular weight excluding hydrogens is 299 g/mol. The lowest BCUT2D eigenvalue weighted by atomic mass is 10.3. The number of ether oxygens (including phenoxy) is 1. The van der Waals surface area contributed by atoms with Crippen LogP contribution in [0.3, 0.4) is 0 Å². The molecule has 124 valence electrons. The van der Waals surface area contributed by atoms with E-state index < -0.39 is 0 Å². The number of amides is 2. The number of nitrogens with one attached hydrogen (secondary N) is 2. The molecule has 2 N–H and O–H groups in total. The monoisotopic (exact) mass is 320 g/mol. The number of urea groups is 1. The van der Waals surface area contributed by atoms with Crippen molar-refractivity contribution in [3.63, 3.8) is 0 Å². The normalized spacial score (nSPS) is 10.8. The van der Waals surface area contributed by atoms with Crippen molar-refractivity contribution in [1.29, 1.82) is 0 Å². The van der Waals surface area contributed by atoms with Gasteiger partial charge in [-0.05, 0) is 39.0 Å². The molecule has 0 aliphatic heterocycles. The van der Waals surface area contributed by atoms with E-state index in [1.165, 1.54) is 12.1 Å². The zero-order valence-corrected chi connectivity index (χ0v) is 13.5. The number of carbonyl (C=O) groups is 1. The Kier molecular flexibility index (Phi) is 5.70. The van der Waals surface area contributed by atoms with Crippen LogP contribution >= 0.6 is 0 Å². The van der Waals surface area contributed by atoms with Gasteiger partial charge < -0.3 is 10.1 Å². The number of carbonyl (C=O) groups excluding carboxylic acids is 1. The SMILES string of the molecule is Cc1cc(NC(=O)NCCOC(C)C)nn1-c1cccc(F)c1. The Morgan fingerprint density at radius 2 is 2.17 bits per heavy atom. The highest BCUT2D eigenvalue weighted by atomic mass is 19.1. The summed E-state index contributed by atoms with van der Waals surface area (Å²) < 4.78 is 20.2. The molecule has 0 saturated carbocycles. The lowest BCUT2D eigenvalue weighted by molar-refractivity contribution is 0.0820. The third-order valence-corrected chi connectivity index (χ3v) is 3.02. The Balaban J connectivity index is 1.94. The van der Waals surface area contributed by atoms with Gasteiger partial charge >= 0.3 is 6.03 Å². The van der Waals surface area contributed by atoms with E-state index in [0.717, 1.165) is 5.69 Å². The number of rotatable bonds is 6. The summed E-state index contributed by atoms with van der Waals surface area (Å²) in [5, 5.41) is 9.59. The molecule has 6 nitrogen and oxygen atoms in total. The van der Waals surface area contributed by atoms with Gasteiger partial charge in [0.25, 0.3) is 0 Å². The van der Waals surface area contributed by atoms with E-state index in [9.17, 15) is 9.18 Å². The van der Waals surface area contributed by atoms with Gasteiger partial charge in [0.2, 0.25) is 0 Å². The van der Waals surface area contributed by atoms with E-state index in [1.807, 2.05) is 20.8 Å². The van der Waals surface area contributed by atoms with E-state index in [0.29, 0.717) is 24.7 Å². The van der Waals surface area contributed by atoms with E-state index in [4.69, 9.17) is 4.74 Å². The first-order valence-corrected chi connectivity index (χ1v) is 7.45. The van der Waals surface area contributed by atoms with Crippen LogP contribution in [-0.2, 0) is 4.74 Å². The molecule has 0 bridgehead atoms. The Morgan fingerprint density at radius 3 is 2.87 bits per heavy atom. The fraction of sp³-hybridized carbons (Fsp3) is 0.375.